The van der Waals surface area contributed by atoms with Gasteiger partial charge in [-0.15, -0.1) is 0 Å². The first-order valence-electron chi connectivity index (χ1n) is 8.43. The predicted octanol–water partition coefficient (Wildman–Crippen LogP) is 2.57. The molecule has 1 fully saturated rings. The third-order valence-corrected chi connectivity index (χ3v) is 4.76. The number of hydrogen-bond acceptors (Lipinski definition) is 5. The summed E-state index contributed by atoms with van der Waals surface area (Å²) in [5.41, 5.74) is 1.16. The van der Waals surface area contributed by atoms with Crippen LogP contribution in [0.2, 0.25) is 5.15 Å². The highest BCUT2D eigenvalue weighted by Gasteiger charge is 2.17. The summed E-state index contributed by atoms with van der Waals surface area (Å²) in [7, 11) is 0. The molecule has 0 saturated carbocycles. The van der Waals surface area contributed by atoms with Gasteiger partial charge in [0.15, 0.2) is 0 Å². The van der Waals surface area contributed by atoms with Crippen LogP contribution in [0, 0.1) is 0 Å². The summed E-state index contributed by atoms with van der Waals surface area (Å²) in [6.45, 7) is 3.02. The minimum Gasteiger partial charge on any atom is -0.477 e. The number of aromatic nitrogens is 2. The SMILES string of the molecule is O=C(O)c1cn(-c2ccc(N3CCOCC3)cc2)c2nc(Cl)ccc2c1=O. The maximum absolute atomic E-state index is 12.4. The van der Waals surface area contributed by atoms with Gasteiger partial charge < -0.3 is 19.3 Å². The Hall–Kier alpha value is -2.90. The van der Waals surface area contributed by atoms with Crippen LogP contribution in [-0.4, -0.2) is 46.9 Å². The average molecular weight is 386 g/mol. The monoisotopic (exact) mass is 385 g/mol. The summed E-state index contributed by atoms with van der Waals surface area (Å²) in [5.74, 6) is -1.28. The first kappa shape index (κ1) is 17.5. The lowest BCUT2D eigenvalue weighted by Gasteiger charge is -2.29. The van der Waals surface area contributed by atoms with Crippen molar-refractivity contribution in [1.29, 1.82) is 0 Å². The Bertz CT molecular complexity index is 1070. The van der Waals surface area contributed by atoms with Crippen LogP contribution < -0.4 is 10.3 Å². The number of fused-ring (bicyclic) bond motifs is 1. The molecule has 0 spiro atoms. The lowest BCUT2D eigenvalue weighted by atomic mass is 10.1. The highest BCUT2D eigenvalue weighted by atomic mass is 35.5. The van der Waals surface area contributed by atoms with Crippen molar-refractivity contribution in [1.82, 2.24) is 9.55 Å². The molecule has 1 saturated heterocycles. The Morgan fingerprint density at radius 2 is 1.74 bits per heavy atom. The van der Waals surface area contributed by atoms with Crippen LogP contribution >= 0.6 is 11.6 Å². The number of rotatable bonds is 3. The van der Waals surface area contributed by atoms with E-state index in [2.05, 4.69) is 9.88 Å². The standard InChI is InChI=1S/C19H16ClN3O4/c20-16-6-5-14-17(24)15(19(25)26)11-23(18(14)21-16)13-3-1-12(2-4-13)22-7-9-27-10-8-22/h1-6,11H,7-10H2,(H,25,26). The molecule has 0 aliphatic carbocycles. The minimum atomic E-state index is -1.28. The summed E-state index contributed by atoms with van der Waals surface area (Å²) in [4.78, 5) is 30.4. The Morgan fingerprint density at radius 3 is 2.41 bits per heavy atom. The predicted molar refractivity (Wildman–Crippen MR) is 102 cm³/mol. The van der Waals surface area contributed by atoms with Crippen LogP contribution in [-0.2, 0) is 4.74 Å². The van der Waals surface area contributed by atoms with Gasteiger partial charge in [0.1, 0.15) is 16.4 Å². The molecule has 0 radical (unpaired) electrons. The number of nitrogens with zero attached hydrogens (tertiary/aromatic N) is 3. The molecule has 0 bridgehead atoms. The van der Waals surface area contributed by atoms with Gasteiger partial charge in [0.2, 0.25) is 5.43 Å². The van der Waals surface area contributed by atoms with Crippen molar-refractivity contribution in [2.45, 2.75) is 0 Å². The molecule has 1 aromatic carbocycles. The fourth-order valence-corrected chi connectivity index (χ4v) is 3.32. The molecule has 1 aliphatic heterocycles. The first-order chi connectivity index (χ1) is 13.0. The van der Waals surface area contributed by atoms with E-state index in [0.717, 1.165) is 18.8 Å². The van der Waals surface area contributed by atoms with E-state index in [9.17, 15) is 14.7 Å². The van der Waals surface area contributed by atoms with Crippen molar-refractivity contribution in [3.63, 3.8) is 0 Å². The highest BCUT2D eigenvalue weighted by Crippen LogP contribution is 2.22. The number of ether oxygens (including phenoxy) is 1. The Labute approximate surface area is 159 Å². The second-order valence-corrected chi connectivity index (χ2v) is 6.56. The number of benzene rings is 1. The fourth-order valence-electron chi connectivity index (χ4n) is 3.17. The second-order valence-electron chi connectivity index (χ2n) is 6.17. The third-order valence-electron chi connectivity index (χ3n) is 4.55. The summed E-state index contributed by atoms with van der Waals surface area (Å²) in [6, 6.07) is 10.6. The zero-order valence-corrected chi connectivity index (χ0v) is 15.0. The van der Waals surface area contributed by atoms with Crippen LogP contribution in [0.1, 0.15) is 10.4 Å². The second kappa shape index (κ2) is 7.02. The number of carbonyl (C=O) groups is 1. The summed E-state index contributed by atoms with van der Waals surface area (Å²) < 4.78 is 6.95. The number of carboxylic acid groups (broad SMARTS) is 1. The van der Waals surface area contributed by atoms with Crippen LogP contribution in [0.5, 0.6) is 0 Å². The van der Waals surface area contributed by atoms with Gasteiger partial charge in [-0.1, -0.05) is 11.6 Å². The highest BCUT2D eigenvalue weighted by molar-refractivity contribution is 6.29. The van der Waals surface area contributed by atoms with Crippen molar-refractivity contribution in [2.24, 2.45) is 0 Å². The summed E-state index contributed by atoms with van der Waals surface area (Å²) >= 11 is 6.00. The largest absolute Gasteiger partial charge is 0.477 e. The van der Waals surface area contributed by atoms with Crippen LogP contribution in [0.4, 0.5) is 5.69 Å². The molecule has 3 heterocycles. The maximum atomic E-state index is 12.4. The quantitative estimate of drug-likeness (QED) is 0.697. The number of hydrogen-bond donors (Lipinski definition) is 1. The number of pyridine rings is 2. The van der Waals surface area contributed by atoms with Crippen molar-refractivity contribution >= 4 is 34.3 Å². The van der Waals surface area contributed by atoms with Gasteiger partial charge in [0.05, 0.1) is 18.6 Å². The topological polar surface area (TPSA) is 84.7 Å². The van der Waals surface area contributed by atoms with E-state index in [1.54, 1.807) is 4.57 Å². The van der Waals surface area contributed by atoms with E-state index >= 15 is 0 Å². The molecule has 8 heteroatoms. The number of carboxylic acids is 1. The van der Waals surface area contributed by atoms with Gasteiger partial charge in [-0.25, -0.2) is 9.78 Å². The number of aromatic carboxylic acids is 1. The fraction of sp³-hybridized carbons (Fsp3) is 0.211. The number of anilines is 1. The molecule has 3 aromatic rings. The van der Waals surface area contributed by atoms with E-state index < -0.39 is 11.4 Å². The minimum absolute atomic E-state index is 0.205. The normalized spacial score (nSPS) is 14.5. The van der Waals surface area contributed by atoms with E-state index in [1.165, 1.54) is 18.3 Å². The van der Waals surface area contributed by atoms with E-state index in [-0.39, 0.29) is 16.1 Å². The van der Waals surface area contributed by atoms with Crippen LogP contribution in [0.15, 0.2) is 47.4 Å². The lowest BCUT2D eigenvalue weighted by Crippen LogP contribution is -2.36. The smallest absolute Gasteiger partial charge is 0.341 e. The average Bonchev–Trinajstić information content (AvgIpc) is 2.69. The van der Waals surface area contributed by atoms with Gasteiger partial charge in [-0.3, -0.25) is 4.79 Å². The van der Waals surface area contributed by atoms with E-state index in [4.69, 9.17) is 16.3 Å². The molecule has 27 heavy (non-hydrogen) atoms. The molecule has 7 nitrogen and oxygen atoms in total. The third kappa shape index (κ3) is 3.27. The summed E-state index contributed by atoms with van der Waals surface area (Å²) in [5, 5.41) is 9.82. The molecular formula is C19H16ClN3O4. The van der Waals surface area contributed by atoms with Crippen molar-refractivity contribution < 1.29 is 14.6 Å². The van der Waals surface area contributed by atoms with Gasteiger partial charge in [0, 0.05) is 30.7 Å². The van der Waals surface area contributed by atoms with Crippen LogP contribution in [0.3, 0.4) is 0 Å². The van der Waals surface area contributed by atoms with Crippen molar-refractivity contribution in [2.75, 3.05) is 31.2 Å². The van der Waals surface area contributed by atoms with Gasteiger partial charge >= 0.3 is 5.97 Å². The Balaban J connectivity index is 1.85. The number of halogens is 1. The summed E-state index contributed by atoms with van der Waals surface area (Å²) in [6.07, 6.45) is 1.29. The van der Waals surface area contributed by atoms with Crippen LogP contribution in [0.25, 0.3) is 16.7 Å². The maximum Gasteiger partial charge on any atom is 0.341 e. The molecule has 138 valence electrons. The molecule has 0 atom stereocenters. The molecule has 4 rings (SSSR count). The van der Waals surface area contributed by atoms with E-state index in [0.29, 0.717) is 24.5 Å². The molecule has 2 aromatic heterocycles. The lowest BCUT2D eigenvalue weighted by molar-refractivity contribution is 0.0695. The molecule has 0 amide bonds. The van der Waals surface area contributed by atoms with Gasteiger partial charge in [0.25, 0.3) is 0 Å². The zero-order valence-electron chi connectivity index (χ0n) is 14.3. The Kier molecular flexibility index (Phi) is 4.55. The molecule has 0 unspecified atom stereocenters. The molecule has 1 aliphatic rings. The van der Waals surface area contributed by atoms with E-state index in [1.807, 2.05) is 24.3 Å². The van der Waals surface area contributed by atoms with Gasteiger partial charge in [-0.05, 0) is 36.4 Å². The molecular weight excluding hydrogens is 370 g/mol. The Morgan fingerprint density at radius 1 is 1.07 bits per heavy atom. The van der Waals surface area contributed by atoms with Gasteiger partial charge in [-0.2, -0.15) is 0 Å². The zero-order chi connectivity index (χ0) is 19.0. The first-order valence-corrected chi connectivity index (χ1v) is 8.81. The number of morpholine rings is 1. The molecule has 1 N–H and O–H groups in total. The van der Waals surface area contributed by atoms with Crippen molar-refractivity contribution in [3.8, 4) is 5.69 Å². The van der Waals surface area contributed by atoms with Crippen molar-refractivity contribution in [3.05, 3.63) is 63.5 Å².